The van der Waals surface area contributed by atoms with Crippen LogP contribution in [0.3, 0.4) is 0 Å². The van der Waals surface area contributed by atoms with Gasteiger partial charge in [0.15, 0.2) is 0 Å². The molecule has 0 aliphatic heterocycles. The summed E-state index contributed by atoms with van der Waals surface area (Å²) in [5.74, 6) is 0. The summed E-state index contributed by atoms with van der Waals surface area (Å²) in [6.45, 7) is 3.51. The van der Waals surface area contributed by atoms with Crippen molar-refractivity contribution in [2.45, 2.75) is 6.42 Å². The number of para-hydroxylation sites is 2. The Morgan fingerprint density at radius 2 is 0.864 bits per heavy atom. The number of hydrogen-bond acceptors (Lipinski definition) is 5. The summed E-state index contributed by atoms with van der Waals surface area (Å²) in [4.78, 5) is 10.1. The molecule has 0 radical (unpaired) electrons. The van der Waals surface area contributed by atoms with E-state index < -0.39 is 0 Å². The lowest BCUT2D eigenvalue weighted by molar-refractivity contribution is 0.675. The zero-order valence-corrected chi connectivity index (χ0v) is 24.5. The summed E-state index contributed by atoms with van der Waals surface area (Å²) in [7, 11) is 0. The minimum Gasteiger partial charge on any atom is -0.384 e. The molecule has 0 atom stereocenters. The molecule has 2 heterocycles. The maximum atomic E-state index is 5.06. The van der Waals surface area contributed by atoms with Crippen LogP contribution in [0.15, 0.2) is 121 Å². The van der Waals surface area contributed by atoms with Crippen LogP contribution in [0.5, 0.6) is 0 Å². The Hall–Kier alpha value is -5.26. The molecule has 44 heavy (non-hydrogen) atoms. The Labute approximate surface area is 255 Å². The van der Waals surface area contributed by atoms with E-state index in [4.69, 9.17) is 9.97 Å². The van der Waals surface area contributed by atoms with E-state index in [2.05, 4.69) is 137 Å². The minimum atomic E-state index is 0.829. The highest BCUT2D eigenvalue weighted by Gasteiger charge is 2.12. The first-order valence-electron chi connectivity index (χ1n) is 15.4. The average molecular weight is 572 g/mol. The molecular formula is C39H33N5. The Morgan fingerprint density at radius 3 is 1.43 bits per heavy atom. The van der Waals surface area contributed by atoms with Crippen molar-refractivity contribution in [2.24, 2.45) is 0 Å². The van der Waals surface area contributed by atoms with Gasteiger partial charge in [-0.05, 0) is 35.9 Å². The third kappa shape index (κ3) is 4.72. The van der Waals surface area contributed by atoms with E-state index in [0.717, 1.165) is 76.5 Å². The standard InChI is InChI=1S/C39H33N5/c1-3-12-28-26(10-1)18-20-32-36(30-14-5-7-16-34(30)43-38(28)32)41-23-9-22-40-24-25-42-37-31-15-6-8-17-35(31)44-39-29-13-4-2-11-27(29)19-21-33(37)39/h1-8,10-21,40H,9,22-25H2,(H,41,43)(H,42,44). The number of pyridine rings is 2. The molecule has 8 rings (SSSR count). The summed E-state index contributed by atoms with van der Waals surface area (Å²) in [6, 6.07) is 42.6. The molecule has 0 fully saturated rings. The van der Waals surface area contributed by atoms with Crippen molar-refractivity contribution >= 4 is 76.5 Å². The second kappa shape index (κ2) is 11.4. The highest BCUT2D eigenvalue weighted by atomic mass is 15.0. The lowest BCUT2D eigenvalue weighted by atomic mass is 10.0. The first-order valence-corrected chi connectivity index (χ1v) is 15.4. The van der Waals surface area contributed by atoms with Crippen molar-refractivity contribution in [3.05, 3.63) is 121 Å². The van der Waals surface area contributed by atoms with Crippen molar-refractivity contribution in [3.63, 3.8) is 0 Å². The quantitative estimate of drug-likeness (QED) is 0.0917. The predicted molar refractivity (Wildman–Crippen MR) is 188 cm³/mol. The summed E-state index contributed by atoms with van der Waals surface area (Å²) >= 11 is 0. The Balaban J connectivity index is 0.944. The zero-order chi connectivity index (χ0) is 29.3. The smallest absolute Gasteiger partial charge is 0.0808 e. The molecule has 5 nitrogen and oxygen atoms in total. The van der Waals surface area contributed by atoms with Gasteiger partial charge in [-0.1, -0.05) is 109 Å². The van der Waals surface area contributed by atoms with Crippen molar-refractivity contribution < 1.29 is 0 Å². The summed E-state index contributed by atoms with van der Waals surface area (Å²) in [6.07, 6.45) is 1.01. The van der Waals surface area contributed by atoms with Crippen molar-refractivity contribution in [3.8, 4) is 0 Å². The normalized spacial score (nSPS) is 11.7. The molecule has 0 unspecified atom stereocenters. The molecule has 5 heteroatoms. The topological polar surface area (TPSA) is 61.9 Å². The maximum absolute atomic E-state index is 5.06. The largest absolute Gasteiger partial charge is 0.384 e. The van der Waals surface area contributed by atoms with Gasteiger partial charge in [0, 0.05) is 52.0 Å². The number of nitrogens with one attached hydrogen (secondary N) is 3. The fourth-order valence-corrected chi connectivity index (χ4v) is 6.46. The summed E-state index contributed by atoms with van der Waals surface area (Å²) in [5.41, 5.74) is 6.46. The number of nitrogens with zero attached hydrogens (tertiary/aromatic N) is 2. The number of rotatable bonds is 9. The second-order valence-corrected chi connectivity index (χ2v) is 11.3. The molecule has 0 amide bonds. The SMILES string of the molecule is c1ccc2c(c1)ccc1c(NCCCNCCNc3c4ccccc4nc4c3ccc3ccccc34)c3ccccc3nc12. The zero-order valence-electron chi connectivity index (χ0n) is 24.5. The van der Waals surface area contributed by atoms with Crippen molar-refractivity contribution in [1.29, 1.82) is 0 Å². The monoisotopic (exact) mass is 571 g/mol. The molecule has 2 aromatic heterocycles. The van der Waals surface area contributed by atoms with Gasteiger partial charge < -0.3 is 16.0 Å². The average Bonchev–Trinajstić information content (AvgIpc) is 3.08. The van der Waals surface area contributed by atoms with Crippen molar-refractivity contribution in [1.82, 2.24) is 15.3 Å². The van der Waals surface area contributed by atoms with Gasteiger partial charge in [-0.2, -0.15) is 0 Å². The first kappa shape index (κ1) is 26.4. The van der Waals surface area contributed by atoms with Crippen LogP contribution in [0, 0.1) is 0 Å². The molecule has 0 spiro atoms. The van der Waals surface area contributed by atoms with Gasteiger partial charge in [-0.25, -0.2) is 9.97 Å². The van der Waals surface area contributed by atoms with E-state index in [1.807, 2.05) is 0 Å². The van der Waals surface area contributed by atoms with E-state index in [-0.39, 0.29) is 0 Å². The minimum absolute atomic E-state index is 0.829. The van der Waals surface area contributed by atoms with E-state index in [0.29, 0.717) is 0 Å². The van der Waals surface area contributed by atoms with E-state index in [9.17, 15) is 0 Å². The number of fused-ring (bicyclic) bond motifs is 8. The highest BCUT2D eigenvalue weighted by Crippen LogP contribution is 2.36. The fraction of sp³-hybridized carbons (Fsp3) is 0.128. The Kier molecular flexibility index (Phi) is 6.86. The van der Waals surface area contributed by atoms with Crippen LogP contribution >= 0.6 is 0 Å². The first-order chi connectivity index (χ1) is 21.8. The van der Waals surface area contributed by atoms with Gasteiger partial charge in [-0.3, -0.25) is 0 Å². The van der Waals surface area contributed by atoms with Crippen LogP contribution in [0.1, 0.15) is 6.42 Å². The predicted octanol–water partition coefficient (Wildman–Crippen LogP) is 8.90. The van der Waals surface area contributed by atoms with Crippen molar-refractivity contribution in [2.75, 3.05) is 36.8 Å². The van der Waals surface area contributed by atoms with Crippen LogP contribution in [-0.4, -0.2) is 36.1 Å². The van der Waals surface area contributed by atoms with E-state index in [1.165, 1.54) is 32.6 Å². The van der Waals surface area contributed by atoms with Crippen LogP contribution < -0.4 is 16.0 Å². The van der Waals surface area contributed by atoms with Gasteiger partial charge in [0.05, 0.1) is 33.4 Å². The van der Waals surface area contributed by atoms with E-state index >= 15 is 0 Å². The van der Waals surface area contributed by atoms with Gasteiger partial charge in [-0.15, -0.1) is 0 Å². The molecule has 3 N–H and O–H groups in total. The lowest BCUT2D eigenvalue weighted by Gasteiger charge is -2.16. The van der Waals surface area contributed by atoms with Gasteiger partial charge in [0.2, 0.25) is 0 Å². The Morgan fingerprint density at radius 1 is 0.386 bits per heavy atom. The molecule has 8 aromatic rings. The molecular weight excluding hydrogens is 538 g/mol. The molecule has 0 aliphatic carbocycles. The number of benzene rings is 6. The second-order valence-electron chi connectivity index (χ2n) is 11.3. The van der Waals surface area contributed by atoms with Crippen LogP contribution in [0.25, 0.3) is 65.2 Å². The third-order valence-electron chi connectivity index (χ3n) is 8.59. The Bertz CT molecular complexity index is 2150. The third-order valence-corrected chi connectivity index (χ3v) is 8.59. The summed E-state index contributed by atoms with van der Waals surface area (Å²) in [5, 5.41) is 20.6. The summed E-state index contributed by atoms with van der Waals surface area (Å²) < 4.78 is 0. The highest BCUT2D eigenvalue weighted by molar-refractivity contribution is 6.17. The molecule has 6 aromatic carbocycles. The van der Waals surface area contributed by atoms with Crippen LogP contribution in [-0.2, 0) is 0 Å². The van der Waals surface area contributed by atoms with E-state index in [1.54, 1.807) is 0 Å². The molecule has 0 aliphatic rings. The lowest BCUT2D eigenvalue weighted by Crippen LogP contribution is -2.24. The maximum Gasteiger partial charge on any atom is 0.0808 e. The van der Waals surface area contributed by atoms with Gasteiger partial charge in [0.1, 0.15) is 0 Å². The van der Waals surface area contributed by atoms with Crippen LogP contribution in [0.4, 0.5) is 11.4 Å². The number of aromatic nitrogens is 2. The molecule has 0 bridgehead atoms. The molecule has 214 valence electrons. The van der Waals surface area contributed by atoms with Crippen LogP contribution in [0.2, 0.25) is 0 Å². The molecule has 0 saturated carbocycles. The van der Waals surface area contributed by atoms with Gasteiger partial charge >= 0.3 is 0 Å². The molecule has 0 saturated heterocycles. The number of hydrogen-bond donors (Lipinski definition) is 3. The fourth-order valence-electron chi connectivity index (χ4n) is 6.46. The van der Waals surface area contributed by atoms with Gasteiger partial charge in [0.25, 0.3) is 0 Å². The number of anilines is 2.